The molecule has 3 aliphatic rings. The number of halogens is 5. The zero-order valence-corrected chi connectivity index (χ0v) is 26.1. The third-order valence-electron chi connectivity index (χ3n) is 8.49. The van der Waals surface area contributed by atoms with E-state index in [-0.39, 0.29) is 34.5 Å². The summed E-state index contributed by atoms with van der Waals surface area (Å²) in [5.74, 6) is -0.942. The molecule has 0 bridgehead atoms. The van der Waals surface area contributed by atoms with E-state index in [4.69, 9.17) is 21.1 Å². The summed E-state index contributed by atoms with van der Waals surface area (Å²) in [5, 5.41) is 0.269. The summed E-state index contributed by atoms with van der Waals surface area (Å²) in [5.41, 5.74) is -0.483. The molecule has 6 nitrogen and oxygen atoms in total. The second kappa shape index (κ2) is 12.9. The van der Waals surface area contributed by atoms with E-state index in [2.05, 4.69) is 0 Å². The lowest BCUT2D eigenvalue weighted by Gasteiger charge is -2.32. The molecule has 0 N–H and O–H groups in total. The Labute approximate surface area is 260 Å². The third kappa shape index (κ3) is 7.86. The molecule has 2 aromatic carbocycles. The van der Waals surface area contributed by atoms with Crippen LogP contribution in [0.25, 0.3) is 0 Å². The van der Waals surface area contributed by atoms with E-state index >= 15 is 4.39 Å². The van der Waals surface area contributed by atoms with Crippen molar-refractivity contribution in [2.45, 2.75) is 89.6 Å². The molecule has 1 amide bonds. The van der Waals surface area contributed by atoms with E-state index < -0.39 is 41.1 Å². The summed E-state index contributed by atoms with van der Waals surface area (Å²) >= 11 is 5.99. The highest BCUT2D eigenvalue weighted by atomic mass is 35.5. The first kappa shape index (κ1) is 32.5. The second-order valence-corrected chi connectivity index (χ2v) is 13.6. The number of alkyl halides is 3. The molecule has 2 aromatic rings. The maximum atomic E-state index is 15.4. The molecule has 2 aliphatic heterocycles. The van der Waals surface area contributed by atoms with Gasteiger partial charge in [0.1, 0.15) is 23.2 Å². The zero-order chi connectivity index (χ0) is 31.8. The molecular formula is C33H39ClF4N2O4. The van der Waals surface area contributed by atoms with Crippen molar-refractivity contribution in [2.24, 2.45) is 5.92 Å². The maximum Gasteiger partial charge on any atom is 0.416 e. The van der Waals surface area contributed by atoms with Gasteiger partial charge in [-0.25, -0.2) is 9.18 Å². The number of carbonyl (C=O) groups is 2. The predicted molar refractivity (Wildman–Crippen MR) is 158 cm³/mol. The van der Waals surface area contributed by atoms with E-state index in [0.717, 1.165) is 37.3 Å². The van der Waals surface area contributed by atoms with Crippen molar-refractivity contribution < 1.29 is 36.6 Å². The molecule has 11 heteroatoms. The minimum absolute atomic E-state index is 0.0674. The molecule has 44 heavy (non-hydrogen) atoms. The summed E-state index contributed by atoms with van der Waals surface area (Å²) in [6.07, 6.45) is -0.0599. The third-order valence-corrected chi connectivity index (χ3v) is 8.72. The molecule has 0 spiro atoms. The highest BCUT2D eigenvalue weighted by Crippen LogP contribution is 2.45. The molecule has 1 unspecified atom stereocenters. The molecule has 2 saturated heterocycles. The number of ether oxygens (including phenoxy) is 2. The average molecular weight is 639 g/mol. The van der Waals surface area contributed by atoms with Gasteiger partial charge in [0, 0.05) is 24.2 Å². The standard InChI is InChI=1S/C33H39ClF4N2O4/c1-32(2,3)44-31(42)28-5-4-12-40(28)30(41)25-16-24(21-6-7-21)29(17-27(25)35)43-19-20-10-13-39(14-11-20)18-22-15-23(34)8-9-26(22)33(36,37)38/h8-9,15-17,20-21,28H,4-7,10-14,18-19H2,1-3H3. The Bertz CT molecular complexity index is 1380. The zero-order valence-electron chi connectivity index (χ0n) is 25.3. The minimum Gasteiger partial charge on any atom is -0.493 e. The van der Waals surface area contributed by atoms with Crippen molar-refractivity contribution in [3.8, 4) is 5.75 Å². The van der Waals surface area contributed by atoms with Crippen LogP contribution in [0.5, 0.6) is 5.75 Å². The Balaban J connectivity index is 1.21. The fraction of sp³-hybridized carbons (Fsp3) is 0.576. The van der Waals surface area contributed by atoms with Gasteiger partial charge < -0.3 is 14.4 Å². The van der Waals surface area contributed by atoms with Crippen LogP contribution in [0.1, 0.15) is 92.3 Å². The molecule has 240 valence electrons. The minimum atomic E-state index is -4.45. The van der Waals surface area contributed by atoms with Crippen LogP contribution in [-0.2, 0) is 22.3 Å². The lowest BCUT2D eigenvalue weighted by Crippen LogP contribution is -2.43. The van der Waals surface area contributed by atoms with Gasteiger partial charge in [-0.3, -0.25) is 9.69 Å². The van der Waals surface area contributed by atoms with E-state index in [9.17, 15) is 22.8 Å². The predicted octanol–water partition coefficient (Wildman–Crippen LogP) is 7.61. The molecule has 5 rings (SSSR count). The first-order valence-corrected chi connectivity index (χ1v) is 15.7. The SMILES string of the molecule is CC(C)(C)OC(=O)C1CCCN1C(=O)c1cc(C2CC2)c(OCC2CCN(Cc3cc(Cl)ccc3C(F)(F)F)CC2)cc1F. The molecule has 0 radical (unpaired) electrons. The van der Waals surface area contributed by atoms with Gasteiger partial charge in [-0.15, -0.1) is 0 Å². The van der Waals surface area contributed by atoms with Gasteiger partial charge in [0.2, 0.25) is 0 Å². The van der Waals surface area contributed by atoms with Crippen LogP contribution in [0.15, 0.2) is 30.3 Å². The molecule has 0 aromatic heterocycles. The molecular weight excluding hydrogens is 600 g/mol. The summed E-state index contributed by atoms with van der Waals surface area (Å²) < 4.78 is 67.6. The van der Waals surface area contributed by atoms with E-state index in [0.29, 0.717) is 44.8 Å². The van der Waals surface area contributed by atoms with Gasteiger partial charge in [-0.2, -0.15) is 13.2 Å². The molecule has 2 heterocycles. The van der Waals surface area contributed by atoms with Crippen molar-refractivity contribution in [1.82, 2.24) is 9.80 Å². The summed E-state index contributed by atoms with van der Waals surface area (Å²) in [4.78, 5) is 29.6. The first-order chi connectivity index (χ1) is 20.7. The summed E-state index contributed by atoms with van der Waals surface area (Å²) in [6, 6.07) is 5.78. The quantitative estimate of drug-likeness (QED) is 0.220. The Morgan fingerprint density at radius 2 is 1.68 bits per heavy atom. The number of carbonyl (C=O) groups excluding carboxylic acids is 2. The van der Waals surface area contributed by atoms with Gasteiger partial charge in [-0.05, 0) is 120 Å². The lowest BCUT2D eigenvalue weighted by atomic mass is 9.96. The van der Waals surface area contributed by atoms with Crippen molar-refractivity contribution in [3.63, 3.8) is 0 Å². The number of amides is 1. The maximum absolute atomic E-state index is 15.4. The number of piperidine rings is 1. The average Bonchev–Trinajstić information content (AvgIpc) is 3.65. The normalized spacial score (nSPS) is 20.2. The Morgan fingerprint density at radius 3 is 2.32 bits per heavy atom. The monoisotopic (exact) mass is 638 g/mol. The topological polar surface area (TPSA) is 59.1 Å². The van der Waals surface area contributed by atoms with Crippen molar-refractivity contribution in [1.29, 1.82) is 0 Å². The van der Waals surface area contributed by atoms with Gasteiger partial charge in [-0.1, -0.05) is 11.6 Å². The summed E-state index contributed by atoms with van der Waals surface area (Å²) in [7, 11) is 0. The Morgan fingerprint density at radius 1 is 0.977 bits per heavy atom. The molecule has 1 saturated carbocycles. The number of rotatable bonds is 8. The van der Waals surface area contributed by atoms with Crippen LogP contribution >= 0.6 is 11.6 Å². The van der Waals surface area contributed by atoms with Crippen LogP contribution in [-0.4, -0.2) is 59.6 Å². The van der Waals surface area contributed by atoms with Crippen molar-refractivity contribution >= 4 is 23.5 Å². The summed E-state index contributed by atoms with van der Waals surface area (Å²) in [6.45, 7) is 7.36. The first-order valence-electron chi connectivity index (χ1n) is 15.3. The molecule has 1 atom stereocenters. The number of hydrogen-bond acceptors (Lipinski definition) is 5. The van der Waals surface area contributed by atoms with E-state index in [1.165, 1.54) is 23.1 Å². The van der Waals surface area contributed by atoms with Crippen molar-refractivity contribution in [3.05, 3.63) is 63.4 Å². The number of benzene rings is 2. The van der Waals surface area contributed by atoms with E-state index in [1.54, 1.807) is 26.8 Å². The number of nitrogens with zero attached hydrogens (tertiary/aromatic N) is 2. The largest absolute Gasteiger partial charge is 0.493 e. The molecule has 1 aliphatic carbocycles. The van der Waals surface area contributed by atoms with Gasteiger partial charge in [0.25, 0.3) is 5.91 Å². The lowest BCUT2D eigenvalue weighted by molar-refractivity contribution is -0.159. The van der Waals surface area contributed by atoms with Crippen LogP contribution in [0.4, 0.5) is 17.6 Å². The fourth-order valence-corrected chi connectivity index (χ4v) is 6.28. The highest BCUT2D eigenvalue weighted by Gasteiger charge is 2.39. The van der Waals surface area contributed by atoms with Crippen molar-refractivity contribution in [2.75, 3.05) is 26.2 Å². The van der Waals surface area contributed by atoms with Crippen LogP contribution < -0.4 is 4.74 Å². The number of esters is 1. The Kier molecular flexibility index (Phi) is 9.52. The fourth-order valence-electron chi connectivity index (χ4n) is 6.08. The van der Waals surface area contributed by atoms with Gasteiger partial charge in [0.05, 0.1) is 17.7 Å². The van der Waals surface area contributed by atoms with Gasteiger partial charge in [0.15, 0.2) is 0 Å². The van der Waals surface area contributed by atoms with Crippen LogP contribution in [0.3, 0.4) is 0 Å². The highest BCUT2D eigenvalue weighted by molar-refractivity contribution is 6.30. The van der Waals surface area contributed by atoms with Crippen LogP contribution in [0.2, 0.25) is 5.02 Å². The van der Waals surface area contributed by atoms with Crippen LogP contribution in [0, 0.1) is 11.7 Å². The molecule has 3 fully saturated rings. The van der Waals surface area contributed by atoms with Gasteiger partial charge >= 0.3 is 12.1 Å². The van der Waals surface area contributed by atoms with E-state index in [1.807, 2.05) is 4.90 Å². The smallest absolute Gasteiger partial charge is 0.416 e. The number of likely N-dealkylation sites (tertiary alicyclic amines) is 2. The Hall–Kier alpha value is -2.85. The number of hydrogen-bond donors (Lipinski definition) is 0. The second-order valence-electron chi connectivity index (χ2n) is 13.2.